The highest BCUT2D eigenvalue weighted by Gasteiger charge is 2.38. The zero-order valence-corrected chi connectivity index (χ0v) is 9.62. The predicted octanol–water partition coefficient (Wildman–Crippen LogP) is 4.44. The Labute approximate surface area is 94.9 Å². The van der Waals surface area contributed by atoms with Gasteiger partial charge in [0.2, 0.25) is 0 Å². The molecule has 2 rings (SSSR count). The van der Waals surface area contributed by atoms with Crippen LogP contribution in [0.15, 0.2) is 18.3 Å². The third-order valence-corrected chi connectivity index (χ3v) is 3.73. The number of hydrogen-bond acceptors (Lipinski definition) is 2. The molecule has 0 aromatic carbocycles. The van der Waals surface area contributed by atoms with Crippen molar-refractivity contribution < 1.29 is 13.2 Å². The fraction of sp³-hybridized carbons (Fsp3) is 0.364. The van der Waals surface area contributed by atoms with E-state index in [1.165, 1.54) is 17.5 Å². The molecule has 0 aliphatic rings. The molecule has 2 aromatic heterocycles. The summed E-state index contributed by atoms with van der Waals surface area (Å²) in [6.45, 7) is 3.53. The summed E-state index contributed by atoms with van der Waals surface area (Å²) in [5, 5.41) is 0. The van der Waals surface area contributed by atoms with Gasteiger partial charge in [0.25, 0.3) is 0 Å². The second-order valence-electron chi connectivity index (χ2n) is 3.84. The summed E-state index contributed by atoms with van der Waals surface area (Å²) in [6.07, 6.45) is -2.93. The van der Waals surface area contributed by atoms with Gasteiger partial charge in [0.15, 0.2) is 0 Å². The SMILES string of the molecule is CC(C)c1sc2cccnc2c1C(F)(F)F. The average molecular weight is 245 g/mol. The normalized spacial score (nSPS) is 12.6. The molecule has 0 fully saturated rings. The molecular weight excluding hydrogens is 235 g/mol. The van der Waals surface area contributed by atoms with Crippen LogP contribution in [0.4, 0.5) is 13.2 Å². The third kappa shape index (κ3) is 1.80. The summed E-state index contributed by atoms with van der Waals surface area (Å²) >= 11 is 1.18. The monoisotopic (exact) mass is 245 g/mol. The minimum atomic E-state index is -4.33. The molecule has 0 aliphatic carbocycles. The van der Waals surface area contributed by atoms with E-state index in [0.717, 1.165) is 0 Å². The topological polar surface area (TPSA) is 12.9 Å². The Hall–Kier alpha value is -1.10. The number of halogens is 3. The number of fused-ring (bicyclic) bond motifs is 1. The van der Waals surface area contributed by atoms with Crippen molar-refractivity contribution in [3.63, 3.8) is 0 Å². The maximum absolute atomic E-state index is 12.9. The second kappa shape index (κ2) is 3.73. The lowest BCUT2D eigenvalue weighted by molar-refractivity contribution is -0.136. The Kier molecular flexibility index (Phi) is 2.66. The molecule has 2 aromatic rings. The van der Waals surface area contributed by atoms with Crippen molar-refractivity contribution in [1.82, 2.24) is 4.98 Å². The summed E-state index contributed by atoms with van der Waals surface area (Å²) in [6, 6.07) is 3.33. The first kappa shape index (κ1) is 11.4. The van der Waals surface area contributed by atoms with E-state index in [1.54, 1.807) is 26.0 Å². The van der Waals surface area contributed by atoms with Gasteiger partial charge < -0.3 is 0 Å². The first-order valence-corrected chi connectivity index (χ1v) is 5.67. The molecule has 2 heterocycles. The predicted molar refractivity (Wildman–Crippen MR) is 58.7 cm³/mol. The summed E-state index contributed by atoms with van der Waals surface area (Å²) in [5.74, 6) is -0.143. The van der Waals surface area contributed by atoms with Gasteiger partial charge in [0.05, 0.1) is 15.8 Å². The largest absolute Gasteiger partial charge is 0.419 e. The highest BCUT2D eigenvalue weighted by Crippen LogP contribution is 2.43. The van der Waals surface area contributed by atoms with Crippen molar-refractivity contribution in [1.29, 1.82) is 0 Å². The number of pyridine rings is 1. The van der Waals surface area contributed by atoms with Gasteiger partial charge in [-0.25, -0.2) is 0 Å². The van der Waals surface area contributed by atoms with Gasteiger partial charge >= 0.3 is 6.18 Å². The van der Waals surface area contributed by atoms with Crippen molar-refractivity contribution in [2.24, 2.45) is 0 Å². The molecule has 0 atom stereocenters. The summed E-state index contributed by atoms with van der Waals surface area (Å²) < 4.78 is 39.4. The van der Waals surface area contributed by atoms with E-state index in [9.17, 15) is 13.2 Å². The van der Waals surface area contributed by atoms with Gasteiger partial charge in [-0.3, -0.25) is 4.98 Å². The zero-order chi connectivity index (χ0) is 11.9. The summed E-state index contributed by atoms with van der Waals surface area (Å²) in [5.41, 5.74) is -0.494. The van der Waals surface area contributed by atoms with Gasteiger partial charge in [0, 0.05) is 11.1 Å². The fourth-order valence-corrected chi connectivity index (χ4v) is 2.81. The molecule has 0 saturated heterocycles. The number of hydrogen-bond donors (Lipinski definition) is 0. The van der Waals surface area contributed by atoms with E-state index in [1.807, 2.05) is 0 Å². The zero-order valence-electron chi connectivity index (χ0n) is 8.80. The Bertz CT molecular complexity index is 513. The van der Waals surface area contributed by atoms with Gasteiger partial charge in [-0.2, -0.15) is 13.2 Å². The number of thiophene rings is 1. The lowest BCUT2D eigenvalue weighted by Crippen LogP contribution is -2.08. The Balaban J connectivity index is 2.80. The molecular formula is C11H10F3NS. The second-order valence-corrected chi connectivity index (χ2v) is 4.93. The van der Waals surface area contributed by atoms with Gasteiger partial charge in [-0.1, -0.05) is 13.8 Å². The third-order valence-electron chi connectivity index (χ3n) is 2.28. The number of nitrogens with zero attached hydrogens (tertiary/aromatic N) is 1. The first-order valence-electron chi connectivity index (χ1n) is 4.86. The van der Waals surface area contributed by atoms with Crippen molar-refractivity contribution in [2.45, 2.75) is 25.9 Å². The highest BCUT2D eigenvalue weighted by molar-refractivity contribution is 7.19. The van der Waals surface area contributed by atoms with Crippen LogP contribution in [-0.4, -0.2) is 4.98 Å². The lowest BCUT2D eigenvalue weighted by Gasteiger charge is -2.10. The summed E-state index contributed by atoms with van der Waals surface area (Å²) in [7, 11) is 0. The van der Waals surface area contributed by atoms with Gasteiger partial charge in [-0.05, 0) is 18.1 Å². The maximum atomic E-state index is 12.9. The van der Waals surface area contributed by atoms with Crippen molar-refractivity contribution in [2.75, 3.05) is 0 Å². The quantitative estimate of drug-likeness (QED) is 0.723. The Morgan fingerprint density at radius 2 is 2.00 bits per heavy atom. The van der Waals surface area contributed by atoms with Crippen LogP contribution in [0.5, 0.6) is 0 Å². The van der Waals surface area contributed by atoms with Gasteiger partial charge in [0.1, 0.15) is 0 Å². The van der Waals surface area contributed by atoms with Crippen LogP contribution >= 0.6 is 11.3 Å². The van der Waals surface area contributed by atoms with E-state index in [-0.39, 0.29) is 11.4 Å². The number of aromatic nitrogens is 1. The van der Waals surface area contributed by atoms with E-state index < -0.39 is 11.7 Å². The summed E-state index contributed by atoms with van der Waals surface area (Å²) in [4.78, 5) is 4.20. The van der Waals surface area contributed by atoms with Crippen molar-refractivity contribution in [3.05, 3.63) is 28.8 Å². The molecule has 5 heteroatoms. The minimum absolute atomic E-state index is 0.0729. The Morgan fingerprint density at radius 3 is 2.56 bits per heavy atom. The van der Waals surface area contributed by atoms with Crippen LogP contribution < -0.4 is 0 Å². The lowest BCUT2D eigenvalue weighted by atomic mass is 10.1. The fourth-order valence-electron chi connectivity index (χ4n) is 1.63. The van der Waals surface area contributed by atoms with Crippen molar-refractivity contribution in [3.8, 4) is 0 Å². The molecule has 0 saturated carbocycles. The number of rotatable bonds is 1. The van der Waals surface area contributed by atoms with Crippen LogP contribution in [0.1, 0.15) is 30.2 Å². The smallest absolute Gasteiger partial charge is 0.255 e. The van der Waals surface area contributed by atoms with E-state index in [4.69, 9.17) is 0 Å². The molecule has 0 spiro atoms. The first-order chi connectivity index (χ1) is 7.41. The van der Waals surface area contributed by atoms with Crippen LogP contribution in [0, 0.1) is 0 Å². The molecule has 16 heavy (non-hydrogen) atoms. The minimum Gasteiger partial charge on any atom is -0.255 e. The molecule has 86 valence electrons. The van der Waals surface area contributed by atoms with E-state index >= 15 is 0 Å². The average Bonchev–Trinajstić information content (AvgIpc) is 2.55. The Morgan fingerprint density at radius 1 is 1.31 bits per heavy atom. The van der Waals surface area contributed by atoms with Crippen LogP contribution in [0.2, 0.25) is 0 Å². The molecule has 0 bridgehead atoms. The molecule has 0 N–H and O–H groups in total. The molecule has 0 amide bonds. The van der Waals surface area contributed by atoms with Crippen LogP contribution in [0.25, 0.3) is 10.2 Å². The maximum Gasteiger partial charge on any atom is 0.419 e. The van der Waals surface area contributed by atoms with Crippen LogP contribution in [0.3, 0.4) is 0 Å². The highest BCUT2D eigenvalue weighted by atomic mass is 32.1. The van der Waals surface area contributed by atoms with E-state index in [2.05, 4.69) is 4.98 Å². The molecule has 0 unspecified atom stereocenters. The molecule has 0 radical (unpaired) electrons. The van der Waals surface area contributed by atoms with Gasteiger partial charge in [-0.15, -0.1) is 11.3 Å². The molecule has 0 aliphatic heterocycles. The standard InChI is InChI=1S/C11H10F3NS/c1-6(2)10-8(11(12,13)14)9-7(16-10)4-3-5-15-9/h3-6H,1-2H3. The van der Waals surface area contributed by atoms with Crippen LogP contribution in [-0.2, 0) is 6.18 Å². The molecule has 1 nitrogen and oxygen atoms in total. The van der Waals surface area contributed by atoms with E-state index in [0.29, 0.717) is 9.58 Å². The number of alkyl halides is 3. The van der Waals surface area contributed by atoms with Crippen molar-refractivity contribution >= 4 is 21.6 Å².